The van der Waals surface area contributed by atoms with Crippen molar-refractivity contribution in [1.82, 2.24) is 14.9 Å². The lowest BCUT2D eigenvalue weighted by Gasteiger charge is -2.27. The number of hydrogen-bond acceptors (Lipinski definition) is 3. The average Bonchev–Trinajstić information content (AvgIpc) is 3.10. The van der Waals surface area contributed by atoms with Crippen LogP contribution in [0.15, 0.2) is 18.7 Å². The Labute approximate surface area is 137 Å². The summed E-state index contributed by atoms with van der Waals surface area (Å²) in [6.07, 6.45) is 10.0. The van der Waals surface area contributed by atoms with E-state index in [1.807, 2.05) is 10.8 Å². The van der Waals surface area contributed by atoms with Crippen LogP contribution in [0.4, 0.5) is 0 Å². The van der Waals surface area contributed by atoms with Crippen molar-refractivity contribution in [3.05, 3.63) is 18.7 Å². The molecule has 2 aliphatic carbocycles. The Morgan fingerprint density at radius 1 is 1.33 bits per heavy atom. The van der Waals surface area contributed by atoms with Gasteiger partial charge in [0, 0.05) is 31.5 Å². The molecule has 0 saturated heterocycles. The van der Waals surface area contributed by atoms with E-state index in [1.165, 1.54) is 12.8 Å². The van der Waals surface area contributed by atoms with E-state index in [0.29, 0.717) is 11.8 Å². The fraction of sp³-hybridized carbons (Fsp3) is 0.714. The second-order valence-electron chi connectivity index (χ2n) is 5.88. The minimum atomic E-state index is 0. The molecule has 1 amide bonds. The number of amides is 1. The van der Waals surface area contributed by atoms with Gasteiger partial charge in [-0.3, -0.25) is 4.79 Å². The van der Waals surface area contributed by atoms with Crippen LogP contribution in [0.1, 0.15) is 25.7 Å². The lowest BCUT2D eigenvalue weighted by atomic mass is 9.84. The number of rotatable bonds is 5. The van der Waals surface area contributed by atoms with E-state index in [2.05, 4.69) is 10.3 Å². The zero-order chi connectivity index (χ0) is 13.2. The van der Waals surface area contributed by atoms with E-state index in [4.69, 9.17) is 5.73 Å². The first-order chi connectivity index (χ1) is 9.25. The van der Waals surface area contributed by atoms with Gasteiger partial charge < -0.3 is 15.6 Å². The maximum absolute atomic E-state index is 12.2. The van der Waals surface area contributed by atoms with E-state index in [-0.39, 0.29) is 42.7 Å². The Balaban J connectivity index is 0.00000110. The van der Waals surface area contributed by atoms with Gasteiger partial charge in [-0.1, -0.05) is 0 Å². The number of nitrogens with one attached hydrogen (secondary N) is 1. The summed E-state index contributed by atoms with van der Waals surface area (Å²) >= 11 is 0. The summed E-state index contributed by atoms with van der Waals surface area (Å²) in [6.45, 7) is 1.61. The molecule has 2 bridgehead atoms. The second-order valence-corrected chi connectivity index (χ2v) is 5.88. The first kappa shape index (κ1) is 18.3. The van der Waals surface area contributed by atoms with E-state index >= 15 is 0 Å². The quantitative estimate of drug-likeness (QED) is 0.803. The van der Waals surface area contributed by atoms with Crippen molar-refractivity contribution >= 4 is 30.7 Å². The highest BCUT2D eigenvalue weighted by Crippen LogP contribution is 2.47. The molecule has 7 heteroatoms. The van der Waals surface area contributed by atoms with Gasteiger partial charge >= 0.3 is 0 Å². The standard InChI is InChI=1S/C14H22N4O.2ClH/c15-13-11-3-2-10(8-11)12(13)14(19)17-4-1-6-18-7-5-16-9-18;;/h5,7,9-13H,1-4,6,8,15H2,(H,17,19);2*1H. The van der Waals surface area contributed by atoms with Crippen LogP contribution in [0.25, 0.3) is 0 Å². The molecule has 0 aromatic carbocycles. The van der Waals surface area contributed by atoms with Crippen LogP contribution >= 0.6 is 24.8 Å². The highest BCUT2D eigenvalue weighted by Gasteiger charge is 2.48. The molecular weight excluding hydrogens is 311 g/mol. The molecule has 120 valence electrons. The molecule has 2 aliphatic rings. The van der Waals surface area contributed by atoms with Crippen molar-refractivity contribution in [2.24, 2.45) is 23.5 Å². The van der Waals surface area contributed by atoms with E-state index < -0.39 is 0 Å². The Morgan fingerprint density at radius 3 is 2.71 bits per heavy atom. The Hall–Kier alpha value is -0.780. The summed E-state index contributed by atoms with van der Waals surface area (Å²) in [7, 11) is 0. The molecular formula is C14H24Cl2N4O. The van der Waals surface area contributed by atoms with Gasteiger partial charge in [0.1, 0.15) is 0 Å². The lowest BCUT2D eigenvalue weighted by molar-refractivity contribution is -0.127. The molecule has 0 aliphatic heterocycles. The Bertz CT molecular complexity index is 438. The first-order valence-corrected chi connectivity index (χ1v) is 7.25. The monoisotopic (exact) mass is 334 g/mol. The van der Waals surface area contributed by atoms with E-state index in [9.17, 15) is 4.79 Å². The predicted octanol–water partition coefficient (Wildman–Crippen LogP) is 1.61. The molecule has 3 rings (SSSR count). The number of imidazole rings is 1. The highest BCUT2D eigenvalue weighted by molar-refractivity contribution is 5.85. The van der Waals surface area contributed by atoms with Crippen molar-refractivity contribution in [3.63, 3.8) is 0 Å². The van der Waals surface area contributed by atoms with E-state index in [0.717, 1.165) is 25.9 Å². The fourth-order valence-corrected chi connectivity index (χ4v) is 3.73. The van der Waals surface area contributed by atoms with Crippen LogP contribution in [-0.4, -0.2) is 28.0 Å². The minimum Gasteiger partial charge on any atom is -0.356 e. The largest absolute Gasteiger partial charge is 0.356 e. The number of carbonyl (C=O) groups is 1. The Morgan fingerprint density at radius 2 is 2.10 bits per heavy atom. The molecule has 2 saturated carbocycles. The third-order valence-electron chi connectivity index (χ3n) is 4.73. The maximum Gasteiger partial charge on any atom is 0.224 e. The molecule has 2 fully saturated rings. The number of nitrogens with two attached hydrogens (primary N) is 1. The summed E-state index contributed by atoms with van der Waals surface area (Å²) in [5, 5.41) is 3.05. The van der Waals surface area contributed by atoms with Gasteiger partial charge in [0.2, 0.25) is 5.91 Å². The lowest BCUT2D eigenvalue weighted by Crippen LogP contribution is -2.45. The molecule has 1 aromatic rings. The molecule has 1 heterocycles. The van der Waals surface area contributed by atoms with Crippen molar-refractivity contribution in [1.29, 1.82) is 0 Å². The SMILES string of the molecule is Cl.Cl.NC1C2CCC(C2)C1C(=O)NCCCn1ccnc1. The minimum absolute atomic E-state index is 0. The molecule has 4 atom stereocenters. The maximum atomic E-state index is 12.2. The molecule has 0 radical (unpaired) electrons. The van der Waals surface area contributed by atoms with Gasteiger partial charge in [-0.15, -0.1) is 24.8 Å². The van der Waals surface area contributed by atoms with Crippen LogP contribution in [0, 0.1) is 17.8 Å². The van der Waals surface area contributed by atoms with Gasteiger partial charge in [0.15, 0.2) is 0 Å². The van der Waals surface area contributed by atoms with Gasteiger partial charge in [0.05, 0.1) is 12.2 Å². The van der Waals surface area contributed by atoms with Gasteiger partial charge in [-0.25, -0.2) is 4.98 Å². The van der Waals surface area contributed by atoms with E-state index in [1.54, 1.807) is 12.5 Å². The fourth-order valence-electron chi connectivity index (χ4n) is 3.73. The number of hydrogen-bond donors (Lipinski definition) is 2. The third kappa shape index (κ3) is 3.90. The number of fused-ring (bicyclic) bond motifs is 2. The molecule has 5 nitrogen and oxygen atoms in total. The van der Waals surface area contributed by atoms with Gasteiger partial charge in [-0.2, -0.15) is 0 Å². The van der Waals surface area contributed by atoms with Crippen LogP contribution in [-0.2, 0) is 11.3 Å². The Kier molecular flexibility index (Phi) is 6.97. The van der Waals surface area contributed by atoms with Crippen molar-refractivity contribution in [2.75, 3.05) is 6.54 Å². The number of carbonyl (C=O) groups excluding carboxylic acids is 1. The zero-order valence-electron chi connectivity index (χ0n) is 12.0. The normalized spacial score (nSPS) is 29.6. The molecule has 3 N–H and O–H groups in total. The summed E-state index contributed by atoms with van der Waals surface area (Å²) < 4.78 is 2.02. The number of aryl methyl sites for hydroxylation is 1. The summed E-state index contributed by atoms with van der Waals surface area (Å²) in [5.41, 5.74) is 6.17. The van der Waals surface area contributed by atoms with Crippen LogP contribution < -0.4 is 11.1 Å². The summed E-state index contributed by atoms with van der Waals surface area (Å²) in [5.74, 6) is 1.36. The number of nitrogens with zero attached hydrogens (tertiary/aromatic N) is 2. The first-order valence-electron chi connectivity index (χ1n) is 7.25. The van der Waals surface area contributed by atoms with Crippen molar-refractivity contribution < 1.29 is 4.79 Å². The van der Waals surface area contributed by atoms with Gasteiger partial charge in [-0.05, 0) is 37.5 Å². The molecule has 1 aromatic heterocycles. The summed E-state index contributed by atoms with van der Waals surface area (Å²) in [6, 6.07) is 0.0902. The van der Waals surface area contributed by atoms with Crippen molar-refractivity contribution in [3.8, 4) is 0 Å². The van der Waals surface area contributed by atoms with Gasteiger partial charge in [0.25, 0.3) is 0 Å². The zero-order valence-corrected chi connectivity index (χ0v) is 13.6. The third-order valence-corrected chi connectivity index (χ3v) is 4.73. The number of aromatic nitrogens is 2. The number of halogens is 2. The molecule has 4 unspecified atom stereocenters. The molecule has 21 heavy (non-hydrogen) atoms. The van der Waals surface area contributed by atoms with Crippen molar-refractivity contribution in [2.45, 2.75) is 38.3 Å². The van der Waals surface area contributed by atoms with Crippen LogP contribution in [0.5, 0.6) is 0 Å². The second kappa shape index (κ2) is 8.01. The smallest absolute Gasteiger partial charge is 0.224 e. The van der Waals surface area contributed by atoms with Crippen LogP contribution in [0.2, 0.25) is 0 Å². The van der Waals surface area contributed by atoms with Crippen LogP contribution in [0.3, 0.4) is 0 Å². The summed E-state index contributed by atoms with van der Waals surface area (Å²) in [4.78, 5) is 16.2. The molecule has 0 spiro atoms. The topological polar surface area (TPSA) is 72.9 Å². The average molecular weight is 335 g/mol. The predicted molar refractivity (Wildman–Crippen MR) is 86.6 cm³/mol. The highest BCUT2D eigenvalue weighted by atomic mass is 35.5.